The molecule has 1 aliphatic rings. The molecule has 0 aromatic carbocycles. The van der Waals surface area contributed by atoms with Crippen LogP contribution in [0.4, 0.5) is 0 Å². The van der Waals surface area contributed by atoms with Crippen molar-refractivity contribution in [3.8, 4) is 0 Å². The summed E-state index contributed by atoms with van der Waals surface area (Å²) in [7, 11) is -4.14. The van der Waals surface area contributed by atoms with Crippen LogP contribution < -0.4 is 5.73 Å². The van der Waals surface area contributed by atoms with Gasteiger partial charge in [-0.15, -0.1) is 0 Å². The minimum Gasteiger partial charge on any atom is -0.312 e. The third-order valence-corrected chi connectivity index (χ3v) is 3.76. The second kappa shape index (κ2) is 2.95. The predicted octanol–water partition coefficient (Wildman–Crippen LogP) is 0.419. The summed E-state index contributed by atoms with van der Waals surface area (Å²) in [6.45, 7) is 0. The fraction of sp³-hybridized carbons (Fsp3) is 0.333. The summed E-state index contributed by atoms with van der Waals surface area (Å²) in [4.78, 5) is 0. The Morgan fingerprint density at radius 1 is 1.50 bits per heavy atom. The van der Waals surface area contributed by atoms with Crippen LogP contribution in [-0.2, 0) is 10.1 Å². The van der Waals surface area contributed by atoms with Gasteiger partial charge in [-0.05, 0) is 0 Å². The van der Waals surface area contributed by atoms with Crippen LogP contribution in [0.2, 0.25) is 0 Å². The molecule has 4 nitrogen and oxygen atoms in total. The number of nitrogens with two attached hydrogens (primary N) is 1. The van der Waals surface area contributed by atoms with Gasteiger partial charge < -0.3 is 5.73 Å². The van der Waals surface area contributed by atoms with Crippen LogP contribution in [0.25, 0.3) is 0 Å². The van der Waals surface area contributed by atoms with Gasteiger partial charge in [-0.2, -0.15) is 8.42 Å². The average Bonchev–Trinajstić information content (AvgIpc) is 1.83. The second-order valence-electron chi connectivity index (χ2n) is 2.51. The molecule has 1 aliphatic carbocycles. The quantitative estimate of drug-likeness (QED) is 0.403. The molecule has 0 amide bonds. The molecule has 0 radical (unpaired) electrons. The van der Waals surface area contributed by atoms with Crippen molar-refractivity contribution in [1.29, 1.82) is 0 Å². The highest BCUT2D eigenvalue weighted by Gasteiger charge is 2.38. The minimum absolute atomic E-state index is 1.13. The minimum atomic E-state index is -4.14. The summed E-state index contributed by atoms with van der Waals surface area (Å²) in [5.74, 6) is 0. The van der Waals surface area contributed by atoms with E-state index in [2.05, 4.69) is 15.9 Å². The maximum Gasteiger partial charge on any atom is 0.274 e. The van der Waals surface area contributed by atoms with Crippen LogP contribution in [0.5, 0.6) is 0 Å². The fourth-order valence-corrected chi connectivity index (χ4v) is 2.78. The monoisotopic (exact) mass is 253 g/mol. The summed E-state index contributed by atoms with van der Waals surface area (Å²) in [5.41, 5.74) is 5.55. The van der Waals surface area contributed by atoms with Crippen molar-refractivity contribution in [2.45, 2.75) is 9.70 Å². The third kappa shape index (κ3) is 1.95. The maximum atomic E-state index is 10.8. The lowest BCUT2D eigenvalue weighted by atomic mass is 10.1. The summed E-state index contributed by atoms with van der Waals surface area (Å²) < 4.78 is 29.1. The van der Waals surface area contributed by atoms with E-state index < -0.39 is 19.8 Å². The Morgan fingerprint density at radius 3 is 2.42 bits per heavy atom. The molecular weight excluding hydrogens is 246 g/mol. The Morgan fingerprint density at radius 2 is 2.08 bits per heavy atom. The second-order valence-corrected chi connectivity index (χ2v) is 5.42. The fourth-order valence-electron chi connectivity index (χ4n) is 0.938. The van der Waals surface area contributed by atoms with Crippen LogP contribution in [-0.4, -0.2) is 22.7 Å². The average molecular weight is 254 g/mol. The number of halogens is 1. The third-order valence-electron chi connectivity index (χ3n) is 1.51. The highest BCUT2D eigenvalue weighted by molar-refractivity contribution is 9.10. The Bertz CT molecular complexity index is 331. The van der Waals surface area contributed by atoms with Gasteiger partial charge in [-0.1, -0.05) is 40.2 Å². The van der Waals surface area contributed by atoms with Crippen LogP contribution in [0.1, 0.15) is 0 Å². The lowest BCUT2D eigenvalue weighted by Crippen LogP contribution is -2.47. The zero-order valence-corrected chi connectivity index (χ0v) is 8.42. The van der Waals surface area contributed by atoms with Crippen LogP contribution in [0, 0.1) is 0 Å². The zero-order chi connectivity index (χ0) is 9.41. The van der Waals surface area contributed by atoms with Gasteiger partial charge in [0.15, 0.2) is 0 Å². The summed E-state index contributed by atoms with van der Waals surface area (Å²) in [6.07, 6.45) is 5.91. The standard InChI is InChI=1S/C6H8BrNO3S/c7-6(8)4-2-1-3-5(6)12(9,10)11/h1-5H,8H2,(H,9,10,11). The van der Waals surface area contributed by atoms with Crippen LogP contribution in [0.15, 0.2) is 24.3 Å². The molecule has 0 spiro atoms. The molecule has 0 saturated carbocycles. The highest BCUT2D eigenvalue weighted by atomic mass is 79.9. The number of allylic oxidation sites excluding steroid dienone is 2. The smallest absolute Gasteiger partial charge is 0.274 e. The van der Waals surface area contributed by atoms with E-state index >= 15 is 0 Å². The van der Waals surface area contributed by atoms with Gasteiger partial charge in [0.25, 0.3) is 10.1 Å². The maximum absolute atomic E-state index is 10.8. The van der Waals surface area contributed by atoms with Crippen molar-refractivity contribution in [2.75, 3.05) is 0 Å². The van der Waals surface area contributed by atoms with E-state index in [-0.39, 0.29) is 0 Å². The Labute approximate surface area is 79.0 Å². The lowest BCUT2D eigenvalue weighted by molar-refractivity contribution is 0.467. The van der Waals surface area contributed by atoms with E-state index in [1.165, 1.54) is 18.2 Å². The first-order chi connectivity index (χ1) is 5.34. The molecule has 2 unspecified atom stereocenters. The summed E-state index contributed by atoms with van der Waals surface area (Å²) in [6, 6.07) is 0. The first-order valence-electron chi connectivity index (χ1n) is 3.14. The zero-order valence-electron chi connectivity index (χ0n) is 6.01. The number of alkyl halides is 1. The molecule has 0 fully saturated rings. The summed E-state index contributed by atoms with van der Waals surface area (Å²) in [5, 5.41) is -1.13. The topological polar surface area (TPSA) is 80.4 Å². The molecule has 0 aromatic rings. The largest absolute Gasteiger partial charge is 0.312 e. The molecule has 2 atom stereocenters. The lowest BCUT2D eigenvalue weighted by Gasteiger charge is -2.26. The molecule has 1 rings (SSSR count). The highest BCUT2D eigenvalue weighted by Crippen LogP contribution is 2.26. The van der Waals surface area contributed by atoms with Gasteiger partial charge in [-0.3, -0.25) is 4.55 Å². The molecular formula is C6H8BrNO3S. The van der Waals surface area contributed by atoms with Crippen LogP contribution >= 0.6 is 15.9 Å². The van der Waals surface area contributed by atoms with E-state index in [0.717, 1.165) is 0 Å². The molecule has 0 aliphatic heterocycles. The normalized spacial score (nSPS) is 35.4. The molecule has 0 heterocycles. The first kappa shape index (κ1) is 9.91. The van der Waals surface area contributed by atoms with E-state index in [9.17, 15) is 8.42 Å². The van der Waals surface area contributed by atoms with E-state index in [0.29, 0.717) is 0 Å². The predicted molar refractivity (Wildman–Crippen MR) is 49.5 cm³/mol. The molecule has 68 valence electrons. The number of hydrogen-bond donors (Lipinski definition) is 2. The molecule has 3 N–H and O–H groups in total. The Hall–Kier alpha value is -0.170. The van der Waals surface area contributed by atoms with Crippen molar-refractivity contribution in [3.05, 3.63) is 24.3 Å². The van der Waals surface area contributed by atoms with E-state index in [1.54, 1.807) is 6.08 Å². The van der Waals surface area contributed by atoms with Crippen molar-refractivity contribution in [1.82, 2.24) is 0 Å². The number of hydrogen-bond acceptors (Lipinski definition) is 3. The van der Waals surface area contributed by atoms with Crippen molar-refractivity contribution < 1.29 is 13.0 Å². The SMILES string of the molecule is NC1(Br)C=CC=CC1S(=O)(=O)O. The van der Waals surface area contributed by atoms with Gasteiger partial charge in [-0.25, -0.2) is 0 Å². The van der Waals surface area contributed by atoms with Gasteiger partial charge >= 0.3 is 0 Å². The van der Waals surface area contributed by atoms with Gasteiger partial charge in [0.2, 0.25) is 0 Å². The van der Waals surface area contributed by atoms with E-state index in [1.807, 2.05) is 0 Å². The summed E-state index contributed by atoms with van der Waals surface area (Å²) >= 11 is 3.00. The van der Waals surface area contributed by atoms with Gasteiger partial charge in [0, 0.05) is 0 Å². The molecule has 12 heavy (non-hydrogen) atoms. The Kier molecular flexibility index (Phi) is 2.44. The Balaban J connectivity index is 3.08. The first-order valence-corrected chi connectivity index (χ1v) is 5.44. The van der Waals surface area contributed by atoms with E-state index in [4.69, 9.17) is 10.3 Å². The molecule has 6 heteroatoms. The molecule has 0 aromatic heterocycles. The van der Waals surface area contributed by atoms with Crippen molar-refractivity contribution >= 4 is 26.0 Å². The number of rotatable bonds is 1. The van der Waals surface area contributed by atoms with Gasteiger partial charge in [0.05, 0.1) is 0 Å². The molecule has 0 bridgehead atoms. The molecule has 0 saturated heterocycles. The van der Waals surface area contributed by atoms with Crippen molar-refractivity contribution in [2.24, 2.45) is 5.73 Å². The van der Waals surface area contributed by atoms with Crippen molar-refractivity contribution in [3.63, 3.8) is 0 Å². The van der Waals surface area contributed by atoms with Crippen LogP contribution in [0.3, 0.4) is 0 Å². The van der Waals surface area contributed by atoms with Gasteiger partial charge in [0.1, 0.15) is 9.70 Å².